The largest absolute Gasteiger partial charge is 0.370 e. The Kier molecular flexibility index (Phi) is 5.35. The van der Waals surface area contributed by atoms with E-state index in [1.165, 1.54) is 0 Å². The molecule has 0 aliphatic carbocycles. The molecule has 6 heteroatoms. The Morgan fingerprint density at radius 3 is 2.90 bits per heavy atom. The molecule has 108 valence electrons. The van der Waals surface area contributed by atoms with Crippen molar-refractivity contribution < 1.29 is 0 Å². The number of hydrogen-bond acceptors (Lipinski definition) is 4. The summed E-state index contributed by atoms with van der Waals surface area (Å²) in [7, 11) is 0. The molecule has 2 aromatic heterocycles. The summed E-state index contributed by atoms with van der Waals surface area (Å²) < 4.78 is 2.06. The van der Waals surface area contributed by atoms with Gasteiger partial charge in [-0.3, -0.25) is 0 Å². The fourth-order valence-electron chi connectivity index (χ4n) is 1.93. The van der Waals surface area contributed by atoms with Crippen LogP contribution in [0.4, 0.5) is 5.82 Å². The molecular formula is C14H20ClN5. The van der Waals surface area contributed by atoms with Crippen LogP contribution in [0.2, 0.25) is 5.15 Å². The fraction of sp³-hybridized carbons (Fsp3) is 0.500. The molecule has 0 atom stereocenters. The van der Waals surface area contributed by atoms with Crippen molar-refractivity contribution in [2.75, 3.05) is 11.9 Å². The molecule has 20 heavy (non-hydrogen) atoms. The summed E-state index contributed by atoms with van der Waals surface area (Å²) in [5.41, 5.74) is 0.911. The molecule has 0 radical (unpaired) electrons. The maximum atomic E-state index is 6.15. The predicted octanol–water partition coefficient (Wildman–Crippen LogP) is 3.09. The van der Waals surface area contributed by atoms with Crippen molar-refractivity contribution in [3.8, 4) is 0 Å². The van der Waals surface area contributed by atoms with E-state index in [0.29, 0.717) is 5.15 Å². The van der Waals surface area contributed by atoms with E-state index in [1.54, 1.807) is 6.20 Å². The lowest BCUT2D eigenvalue weighted by atomic mass is 10.3. The predicted molar refractivity (Wildman–Crippen MR) is 81.1 cm³/mol. The van der Waals surface area contributed by atoms with Crippen LogP contribution in [0, 0.1) is 6.92 Å². The number of hydrogen-bond donors (Lipinski definition) is 1. The molecule has 0 bridgehead atoms. The van der Waals surface area contributed by atoms with Gasteiger partial charge in [0, 0.05) is 37.5 Å². The van der Waals surface area contributed by atoms with E-state index in [0.717, 1.165) is 49.6 Å². The van der Waals surface area contributed by atoms with Gasteiger partial charge in [-0.1, -0.05) is 18.5 Å². The van der Waals surface area contributed by atoms with Crippen LogP contribution in [0.15, 0.2) is 18.7 Å². The zero-order valence-corrected chi connectivity index (χ0v) is 12.7. The van der Waals surface area contributed by atoms with Crippen molar-refractivity contribution in [2.24, 2.45) is 0 Å². The highest BCUT2D eigenvalue weighted by atomic mass is 35.5. The molecule has 1 N–H and O–H groups in total. The van der Waals surface area contributed by atoms with E-state index in [2.05, 4.69) is 31.8 Å². The van der Waals surface area contributed by atoms with E-state index in [1.807, 2.05) is 19.4 Å². The molecule has 2 heterocycles. The van der Waals surface area contributed by atoms with Crippen LogP contribution >= 0.6 is 11.6 Å². The van der Waals surface area contributed by atoms with Crippen molar-refractivity contribution in [3.05, 3.63) is 35.3 Å². The van der Waals surface area contributed by atoms with Gasteiger partial charge in [0.2, 0.25) is 0 Å². The zero-order chi connectivity index (χ0) is 14.4. The first-order valence-corrected chi connectivity index (χ1v) is 7.31. The topological polar surface area (TPSA) is 55.6 Å². The molecule has 0 aliphatic rings. The van der Waals surface area contributed by atoms with Gasteiger partial charge in [0.25, 0.3) is 0 Å². The molecule has 2 aromatic rings. The van der Waals surface area contributed by atoms with Gasteiger partial charge in [-0.2, -0.15) is 0 Å². The summed E-state index contributed by atoms with van der Waals surface area (Å²) in [6.45, 7) is 5.83. The van der Waals surface area contributed by atoms with Gasteiger partial charge >= 0.3 is 0 Å². The average Bonchev–Trinajstić information content (AvgIpc) is 2.93. The minimum atomic E-state index is 0.542. The third-order valence-electron chi connectivity index (χ3n) is 3.05. The first kappa shape index (κ1) is 14.8. The Bertz CT molecular complexity index is 539. The summed E-state index contributed by atoms with van der Waals surface area (Å²) in [6.07, 6.45) is 8.45. The number of nitrogens with zero attached hydrogens (tertiary/aromatic N) is 4. The highest BCUT2D eigenvalue weighted by Gasteiger charge is 2.08. The van der Waals surface area contributed by atoms with E-state index < -0.39 is 0 Å². The van der Waals surface area contributed by atoms with Crippen LogP contribution in [-0.4, -0.2) is 26.1 Å². The number of aromatic nitrogens is 4. The van der Waals surface area contributed by atoms with Crippen LogP contribution in [-0.2, 0) is 13.0 Å². The minimum Gasteiger partial charge on any atom is -0.370 e. The van der Waals surface area contributed by atoms with Gasteiger partial charge in [0.1, 0.15) is 16.8 Å². The molecule has 0 aliphatic heterocycles. The van der Waals surface area contributed by atoms with Crippen molar-refractivity contribution in [1.82, 2.24) is 19.5 Å². The van der Waals surface area contributed by atoms with Crippen molar-refractivity contribution >= 4 is 17.4 Å². The third-order valence-corrected chi connectivity index (χ3v) is 3.42. The lowest BCUT2D eigenvalue weighted by molar-refractivity contribution is 0.659. The Morgan fingerprint density at radius 1 is 1.35 bits per heavy atom. The number of rotatable bonds is 7. The van der Waals surface area contributed by atoms with Gasteiger partial charge in [-0.05, 0) is 19.8 Å². The average molecular weight is 294 g/mol. The monoisotopic (exact) mass is 293 g/mol. The highest BCUT2D eigenvalue weighted by Crippen LogP contribution is 2.20. The fourth-order valence-corrected chi connectivity index (χ4v) is 2.11. The molecule has 0 amide bonds. The summed E-state index contributed by atoms with van der Waals surface area (Å²) in [5.74, 6) is 1.65. The van der Waals surface area contributed by atoms with Crippen molar-refractivity contribution in [2.45, 2.75) is 39.7 Å². The standard InChI is InChI=1S/C14H20ClN5/c1-3-5-12-18-13(15)11(2)14(19-12)17-6-4-8-20-9-7-16-10-20/h7,9-10H,3-6,8H2,1-2H3,(H,17,18,19). The maximum absolute atomic E-state index is 6.15. The summed E-state index contributed by atoms with van der Waals surface area (Å²) in [6, 6.07) is 0. The van der Waals surface area contributed by atoms with Gasteiger partial charge in [-0.15, -0.1) is 0 Å². The Hall–Kier alpha value is -1.62. The first-order chi connectivity index (χ1) is 9.70. The van der Waals surface area contributed by atoms with E-state index in [9.17, 15) is 0 Å². The number of halogens is 1. The Balaban J connectivity index is 1.91. The minimum absolute atomic E-state index is 0.542. The van der Waals surface area contributed by atoms with E-state index >= 15 is 0 Å². The van der Waals surface area contributed by atoms with Crippen molar-refractivity contribution in [3.63, 3.8) is 0 Å². The molecule has 0 unspecified atom stereocenters. The molecule has 2 rings (SSSR count). The number of nitrogens with one attached hydrogen (secondary N) is 1. The summed E-state index contributed by atoms with van der Waals surface area (Å²) >= 11 is 6.15. The maximum Gasteiger partial charge on any atom is 0.137 e. The summed E-state index contributed by atoms with van der Waals surface area (Å²) in [4.78, 5) is 12.8. The van der Waals surface area contributed by atoms with Crippen LogP contribution in [0.5, 0.6) is 0 Å². The third kappa shape index (κ3) is 3.93. The molecule has 0 aromatic carbocycles. The molecule has 5 nitrogen and oxygen atoms in total. The molecular weight excluding hydrogens is 274 g/mol. The SMILES string of the molecule is CCCc1nc(Cl)c(C)c(NCCCn2ccnc2)n1. The molecule has 0 saturated carbocycles. The van der Waals surface area contributed by atoms with Gasteiger partial charge in [0.15, 0.2) is 0 Å². The van der Waals surface area contributed by atoms with Crippen LogP contribution < -0.4 is 5.32 Å². The zero-order valence-electron chi connectivity index (χ0n) is 11.9. The van der Waals surface area contributed by atoms with Crippen molar-refractivity contribution in [1.29, 1.82) is 0 Å². The summed E-state index contributed by atoms with van der Waals surface area (Å²) in [5, 5.41) is 3.89. The molecule has 0 spiro atoms. The lowest BCUT2D eigenvalue weighted by Crippen LogP contribution is -2.10. The number of anilines is 1. The van der Waals surface area contributed by atoms with Gasteiger partial charge in [-0.25, -0.2) is 15.0 Å². The second-order valence-corrected chi connectivity index (χ2v) is 5.09. The van der Waals surface area contributed by atoms with E-state index in [-0.39, 0.29) is 0 Å². The Morgan fingerprint density at radius 2 is 2.20 bits per heavy atom. The van der Waals surface area contributed by atoms with Gasteiger partial charge < -0.3 is 9.88 Å². The van der Waals surface area contributed by atoms with Crippen LogP contribution in [0.25, 0.3) is 0 Å². The van der Waals surface area contributed by atoms with E-state index in [4.69, 9.17) is 11.6 Å². The first-order valence-electron chi connectivity index (χ1n) is 6.93. The molecule has 0 saturated heterocycles. The highest BCUT2D eigenvalue weighted by molar-refractivity contribution is 6.30. The Labute approximate surface area is 124 Å². The normalized spacial score (nSPS) is 10.8. The van der Waals surface area contributed by atoms with Crippen LogP contribution in [0.3, 0.4) is 0 Å². The van der Waals surface area contributed by atoms with Crippen LogP contribution in [0.1, 0.15) is 31.2 Å². The second-order valence-electron chi connectivity index (χ2n) is 4.74. The lowest BCUT2D eigenvalue weighted by Gasteiger charge is -2.11. The second kappa shape index (κ2) is 7.24. The smallest absolute Gasteiger partial charge is 0.137 e. The van der Waals surface area contributed by atoms with Gasteiger partial charge in [0.05, 0.1) is 6.33 Å². The quantitative estimate of drug-likeness (QED) is 0.629. The molecule has 0 fully saturated rings. The number of aryl methyl sites for hydroxylation is 2. The number of imidazole rings is 1.